The van der Waals surface area contributed by atoms with E-state index in [4.69, 9.17) is 0 Å². The van der Waals surface area contributed by atoms with E-state index < -0.39 is 5.92 Å². The lowest BCUT2D eigenvalue weighted by atomic mass is 9.85. The van der Waals surface area contributed by atoms with Crippen LogP contribution < -0.4 is 4.90 Å². The average molecular weight is 357 g/mol. The number of ketones is 2. The summed E-state index contributed by atoms with van der Waals surface area (Å²) in [5.74, 6) is -1.01. The molecule has 136 valence electrons. The molecule has 0 aromatic heterocycles. The van der Waals surface area contributed by atoms with Gasteiger partial charge in [0.2, 0.25) is 0 Å². The number of carbonyl (C=O) groups is 2. The van der Waals surface area contributed by atoms with Gasteiger partial charge in [0, 0.05) is 30.9 Å². The van der Waals surface area contributed by atoms with Gasteiger partial charge in [-0.3, -0.25) is 9.59 Å². The number of nitrogens with zero attached hydrogens (tertiary/aromatic N) is 1. The van der Waals surface area contributed by atoms with Crippen molar-refractivity contribution in [2.75, 3.05) is 19.0 Å². The molecule has 0 aliphatic rings. The molecule has 3 aromatic carbocycles. The van der Waals surface area contributed by atoms with Gasteiger partial charge in [0.15, 0.2) is 11.6 Å². The van der Waals surface area contributed by atoms with Crippen LogP contribution in [0.4, 0.5) is 5.69 Å². The van der Waals surface area contributed by atoms with Gasteiger partial charge in [0.25, 0.3) is 0 Å². The summed E-state index contributed by atoms with van der Waals surface area (Å²) >= 11 is 0. The van der Waals surface area contributed by atoms with Gasteiger partial charge in [-0.15, -0.1) is 0 Å². The first-order valence-electron chi connectivity index (χ1n) is 9.01. The first-order chi connectivity index (χ1) is 13.1. The van der Waals surface area contributed by atoms with E-state index in [0.29, 0.717) is 17.5 Å². The Morgan fingerprint density at radius 2 is 1.15 bits per heavy atom. The molecule has 0 saturated heterocycles. The predicted octanol–water partition coefficient (Wildman–Crippen LogP) is 4.68. The highest BCUT2D eigenvalue weighted by Gasteiger charge is 2.28. The van der Waals surface area contributed by atoms with Crippen molar-refractivity contribution in [2.24, 2.45) is 5.92 Å². The van der Waals surface area contributed by atoms with Crippen molar-refractivity contribution in [3.63, 3.8) is 0 Å². The van der Waals surface area contributed by atoms with Crippen molar-refractivity contribution in [3.05, 3.63) is 102 Å². The third-order valence-corrected chi connectivity index (χ3v) is 4.64. The van der Waals surface area contributed by atoms with Crippen molar-refractivity contribution < 1.29 is 9.59 Å². The Bertz CT molecular complexity index is 849. The van der Waals surface area contributed by atoms with Gasteiger partial charge in [-0.05, 0) is 24.1 Å². The number of hydrogen-bond donors (Lipinski definition) is 0. The highest BCUT2D eigenvalue weighted by molar-refractivity contribution is 6.16. The molecule has 3 nitrogen and oxygen atoms in total. The highest BCUT2D eigenvalue weighted by atomic mass is 16.2. The van der Waals surface area contributed by atoms with Crippen LogP contribution in [0.3, 0.4) is 0 Å². The summed E-state index contributed by atoms with van der Waals surface area (Å²) in [5, 5.41) is 0. The molecular formula is C24H23NO2. The van der Waals surface area contributed by atoms with Crippen molar-refractivity contribution in [1.29, 1.82) is 0 Å². The van der Waals surface area contributed by atoms with Crippen molar-refractivity contribution in [3.8, 4) is 0 Å². The number of carbonyl (C=O) groups excluding carboxylic acids is 2. The fourth-order valence-corrected chi connectivity index (χ4v) is 3.08. The summed E-state index contributed by atoms with van der Waals surface area (Å²) < 4.78 is 0. The van der Waals surface area contributed by atoms with Crippen LogP contribution in [0.25, 0.3) is 0 Å². The van der Waals surface area contributed by atoms with E-state index in [2.05, 4.69) is 0 Å². The SMILES string of the molecule is CN(C)c1ccc(CC(C(=O)c2ccccc2)C(=O)c2ccccc2)cc1. The normalized spacial score (nSPS) is 10.6. The lowest BCUT2D eigenvalue weighted by molar-refractivity contribution is 0.0806. The smallest absolute Gasteiger partial charge is 0.174 e. The van der Waals surface area contributed by atoms with Crippen LogP contribution >= 0.6 is 0 Å². The summed E-state index contributed by atoms with van der Waals surface area (Å²) in [7, 11) is 3.96. The van der Waals surface area contributed by atoms with Gasteiger partial charge in [-0.2, -0.15) is 0 Å². The molecule has 0 spiro atoms. The Morgan fingerprint density at radius 3 is 1.56 bits per heavy atom. The predicted molar refractivity (Wildman–Crippen MR) is 110 cm³/mol. The zero-order chi connectivity index (χ0) is 19.2. The van der Waals surface area contributed by atoms with Crippen LogP contribution in [0.5, 0.6) is 0 Å². The first-order valence-corrected chi connectivity index (χ1v) is 9.01. The van der Waals surface area contributed by atoms with Gasteiger partial charge >= 0.3 is 0 Å². The Balaban J connectivity index is 1.92. The molecule has 0 amide bonds. The fraction of sp³-hybridized carbons (Fsp3) is 0.167. The summed E-state index contributed by atoms with van der Waals surface area (Å²) in [6.45, 7) is 0. The van der Waals surface area contributed by atoms with E-state index in [1.807, 2.05) is 79.7 Å². The topological polar surface area (TPSA) is 37.4 Å². The Hall–Kier alpha value is -3.20. The monoisotopic (exact) mass is 357 g/mol. The fourth-order valence-electron chi connectivity index (χ4n) is 3.08. The van der Waals surface area contributed by atoms with Crippen molar-refractivity contribution in [2.45, 2.75) is 6.42 Å². The molecule has 3 heteroatoms. The third-order valence-electron chi connectivity index (χ3n) is 4.64. The van der Waals surface area contributed by atoms with E-state index in [1.165, 1.54) is 0 Å². The minimum atomic E-state index is -0.736. The molecule has 0 bridgehead atoms. The number of rotatable bonds is 7. The summed E-state index contributed by atoms with van der Waals surface area (Å²) in [6, 6.07) is 26.1. The maximum absolute atomic E-state index is 13.1. The van der Waals surface area contributed by atoms with E-state index in [9.17, 15) is 9.59 Å². The minimum Gasteiger partial charge on any atom is -0.378 e. The molecule has 3 rings (SSSR count). The highest BCUT2D eigenvalue weighted by Crippen LogP contribution is 2.21. The zero-order valence-electron chi connectivity index (χ0n) is 15.6. The van der Waals surface area contributed by atoms with Crippen LogP contribution in [-0.2, 0) is 6.42 Å². The Morgan fingerprint density at radius 1 is 0.704 bits per heavy atom. The molecule has 0 aliphatic heterocycles. The van der Waals surface area contributed by atoms with Gasteiger partial charge in [-0.25, -0.2) is 0 Å². The van der Waals surface area contributed by atoms with E-state index in [-0.39, 0.29) is 11.6 Å². The molecule has 3 aromatic rings. The van der Waals surface area contributed by atoms with Crippen molar-refractivity contribution >= 4 is 17.3 Å². The number of hydrogen-bond acceptors (Lipinski definition) is 3. The van der Waals surface area contributed by atoms with Crippen LogP contribution in [0.2, 0.25) is 0 Å². The lowest BCUT2D eigenvalue weighted by Crippen LogP contribution is -2.26. The molecule has 0 aliphatic carbocycles. The number of benzene rings is 3. The van der Waals surface area contributed by atoms with E-state index in [0.717, 1.165) is 11.3 Å². The average Bonchev–Trinajstić information content (AvgIpc) is 2.72. The van der Waals surface area contributed by atoms with Crippen molar-refractivity contribution in [1.82, 2.24) is 0 Å². The number of anilines is 1. The summed E-state index contributed by atoms with van der Waals surface area (Å²) in [6.07, 6.45) is 0.384. The summed E-state index contributed by atoms with van der Waals surface area (Å²) in [5.41, 5.74) is 3.19. The molecule has 0 atom stereocenters. The third kappa shape index (κ3) is 4.50. The molecule has 27 heavy (non-hydrogen) atoms. The molecule has 0 unspecified atom stereocenters. The lowest BCUT2D eigenvalue weighted by Gasteiger charge is -2.17. The molecule has 0 radical (unpaired) electrons. The standard InChI is InChI=1S/C24H23NO2/c1-25(2)21-15-13-18(14-16-21)17-22(23(26)19-9-5-3-6-10-19)24(27)20-11-7-4-8-12-20/h3-16,22H,17H2,1-2H3. The molecule has 0 heterocycles. The van der Waals surface area contributed by atoms with Crippen LogP contribution in [0.15, 0.2) is 84.9 Å². The van der Waals surface area contributed by atoms with Crippen LogP contribution in [0, 0.1) is 5.92 Å². The van der Waals surface area contributed by atoms with Gasteiger partial charge < -0.3 is 4.90 Å². The Labute approximate surface area is 160 Å². The molecule has 0 fully saturated rings. The Kier molecular flexibility index (Phi) is 5.82. The number of Topliss-reactive ketones (excluding diaryl/α,β-unsaturated/α-hetero) is 2. The zero-order valence-corrected chi connectivity index (χ0v) is 15.6. The van der Waals surface area contributed by atoms with E-state index >= 15 is 0 Å². The van der Waals surface area contributed by atoms with Crippen LogP contribution in [0.1, 0.15) is 26.3 Å². The summed E-state index contributed by atoms with van der Waals surface area (Å²) in [4.78, 5) is 28.2. The maximum Gasteiger partial charge on any atom is 0.174 e. The molecule has 0 N–H and O–H groups in total. The molecule has 0 saturated carbocycles. The minimum absolute atomic E-state index is 0.138. The van der Waals surface area contributed by atoms with Crippen LogP contribution in [-0.4, -0.2) is 25.7 Å². The van der Waals surface area contributed by atoms with Gasteiger partial charge in [0.05, 0.1) is 5.92 Å². The van der Waals surface area contributed by atoms with Gasteiger partial charge in [0.1, 0.15) is 0 Å². The second-order valence-corrected chi connectivity index (χ2v) is 6.78. The quantitative estimate of drug-likeness (QED) is 0.455. The second kappa shape index (κ2) is 8.45. The maximum atomic E-state index is 13.1. The second-order valence-electron chi connectivity index (χ2n) is 6.78. The van der Waals surface area contributed by atoms with E-state index in [1.54, 1.807) is 24.3 Å². The van der Waals surface area contributed by atoms with Gasteiger partial charge in [-0.1, -0.05) is 72.8 Å². The first kappa shape index (κ1) is 18.6. The largest absolute Gasteiger partial charge is 0.378 e. The molecular weight excluding hydrogens is 334 g/mol.